The van der Waals surface area contributed by atoms with Gasteiger partial charge in [-0.3, -0.25) is 0 Å². The van der Waals surface area contributed by atoms with Gasteiger partial charge in [0.25, 0.3) is 0 Å². The van der Waals surface area contributed by atoms with Crippen molar-refractivity contribution in [2.45, 2.75) is 13.8 Å². The van der Waals surface area contributed by atoms with Crippen molar-refractivity contribution in [3.05, 3.63) is 0 Å². The second kappa shape index (κ2) is 2.52. The van der Waals surface area contributed by atoms with Crippen LogP contribution in [0.15, 0.2) is 0 Å². The average Bonchev–Trinajstić information content (AvgIpc) is 1.68. The van der Waals surface area contributed by atoms with E-state index in [0.29, 0.717) is 0 Å². The summed E-state index contributed by atoms with van der Waals surface area (Å²) < 4.78 is 11.0. The van der Waals surface area contributed by atoms with Crippen molar-refractivity contribution in [3.8, 4) is 0 Å². The molecule has 0 amide bonds. The largest absolute Gasteiger partial charge is 0.324 e. The first kappa shape index (κ1) is 7.23. The van der Waals surface area contributed by atoms with Crippen molar-refractivity contribution in [1.82, 2.24) is 0 Å². The molecule has 2 heteroatoms. The second-order valence-corrected chi connectivity index (χ2v) is 5.79. The van der Waals surface area contributed by atoms with Crippen LogP contribution in [0.5, 0.6) is 0 Å². The first-order valence-corrected chi connectivity index (χ1v) is 5.20. The van der Waals surface area contributed by atoms with Crippen molar-refractivity contribution >= 4 is 7.14 Å². The highest BCUT2D eigenvalue weighted by Gasteiger charge is 2.05. The molecule has 44 valence electrons. The highest BCUT2D eigenvalue weighted by Crippen LogP contribution is 2.38. The molecule has 0 aromatic heterocycles. The van der Waals surface area contributed by atoms with Gasteiger partial charge in [0.1, 0.15) is 0 Å². The maximum atomic E-state index is 11.0. The summed E-state index contributed by atoms with van der Waals surface area (Å²) in [5.74, 6) is 0. The van der Waals surface area contributed by atoms with Gasteiger partial charge in [0.15, 0.2) is 0 Å². The fraction of sp³-hybridized carbons (Fsp3) is 1.00. The minimum atomic E-state index is -1.65. The standard InChI is InChI=1S/C5H13OP/c1-4-7(3,6)5-2/h4-5H2,1-3H3. The van der Waals surface area contributed by atoms with Crippen molar-refractivity contribution in [3.63, 3.8) is 0 Å². The zero-order valence-corrected chi connectivity index (χ0v) is 6.16. The lowest BCUT2D eigenvalue weighted by Gasteiger charge is -2.02. The summed E-state index contributed by atoms with van der Waals surface area (Å²) >= 11 is 0. The van der Waals surface area contributed by atoms with Gasteiger partial charge in [-0.15, -0.1) is 0 Å². The van der Waals surface area contributed by atoms with E-state index >= 15 is 0 Å². The fourth-order valence-electron chi connectivity index (χ4n) is 0.224. The van der Waals surface area contributed by atoms with Crippen LogP contribution in [0.4, 0.5) is 0 Å². The van der Waals surface area contributed by atoms with Gasteiger partial charge in [-0.2, -0.15) is 0 Å². The Morgan fingerprint density at radius 1 is 1.29 bits per heavy atom. The fourth-order valence-corrected chi connectivity index (χ4v) is 0.671. The lowest BCUT2D eigenvalue weighted by Crippen LogP contribution is -1.83. The molecule has 0 aliphatic carbocycles. The Balaban J connectivity index is 3.61. The van der Waals surface area contributed by atoms with E-state index in [1.54, 1.807) is 0 Å². The van der Waals surface area contributed by atoms with Crippen molar-refractivity contribution in [1.29, 1.82) is 0 Å². The maximum Gasteiger partial charge on any atom is 0.0843 e. The van der Waals surface area contributed by atoms with Gasteiger partial charge in [-0.1, -0.05) is 13.8 Å². The van der Waals surface area contributed by atoms with Gasteiger partial charge < -0.3 is 4.57 Å². The summed E-state index contributed by atoms with van der Waals surface area (Å²) in [6.45, 7) is 5.81. The molecule has 0 saturated carbocycles. The van der Waals surface area contributed by atoms with E-state index in [1.165, 1.54) is 0 Å². The summed E-state index contributed by atoms with van der Waals surface area (Å²) in [6.07, 6.45) is 1.70. The number of hydrogen-bond acceptors (Lipinski definition) is 1. The normalized spacial score (nSPS) is 11.9. The van der Waals surface area contributed by atoms with Crippen molar-refractivity contribution in [2.75, 3.05) is 19.0 Å². The predicted octanol–water partition coefficient (Wildman–Crippen LogP) is 2.02. The molecule has 0 unspecified atom stereocenters. The van der Waals surface area contributed by atoms with Crippen LogP contribution in [0.2, 0.25) is 0 Å². The minimum Gasteiger partial charge on any atom is -0.324 e. The van der Waals surface area contributed by atoms with Gasteiger partial charge >= 0.3 is 0 Å². The number of hydrogen-bond donors (Lipinski definition) is 0. The Morgan fingerprint density at radius 2 is 1.57 bits per heavy atom. The van der Waals surface area contributed by atoms with Crippen LogP contribution in [0.1, 0.15) is 13.8 Å². The summed E-state index contributed by atoms with van der Waals surface area (Å²) in [5.41, 5.74) is 0. The third-order valence-electron chi connectivity index (χ3n) is 1.34. The summed E-state index contributed by atoms with van der Waals surface area (Å²) in [7, 11) is -1.65. The molecule has 0 aromatic carbocycles. The van der Waals surface area contributed by atoms with Crippen LogP contribution < -0.4 is 0 Å². The molecule has 0 radical (unpaired) electrons. The molecular formula is C5H13OP. The van der Waals surface area contributed by atoms with E-state index in [0.717, 1.165) is 12.3 Å². The van der Waals surface area contributed by atoms with E-state index in [-0.39, 0.29) is 0 Å². The lowest BCUT2D eigenvalue weighted by molar-refractivity contribution is 0.580. The first-order chi connectivity index (χ1) is 3.12. The topological polar surface area (TPSA) is 17.1 Å². The van der Waals surface area contributed by atoms with Crippen molar-refractivity contribution < 1.29 is 4.57 Å². The van der Waals surface area contributed by atoms with Gasteiger partial charge in [0.05, 0.1) is 7.14 Å². The molecule has 0 saturated heterocycles. The summed E-state index contributed by atoms with van der Waals surface area (Å²) in [6, 6.07) is 0. The SMILES string of the molecule is CCP(C)(=O)CC. The Bertz CT molecular complexity index is 80.1. The second-order valence-electron chi connectivity index (χ2n) is 1.93. The Hall–Kier alpha value is 0.230. The van der Waals surface area contributed by atoms with E-state index in [2.05, 4.69) is 0 Å². The Labute approximate surface area is 45.5 Å². The third kappa shape index (κ3) is 2.87. The molecule has 0 aliphatic heterocycles. The third-order valence-corrected chi connectivity index (χ3v) is 4.01. The molecule has 0 fully saturated rings. The van der Waals surface area contributed by atoms with Crippen LogP contribution in [0.25, 0.3) is 0 Å². The average molecular weight is 120 g/mol. The van der Waals surface area contributed by atoms with E-state index < -0.39 is 7.14 Å². The van der Waals surface area contributed by atoms with Crippen molar-refractivity contribution in [2.24, 2.45) is 0 Å². The maximum absolute atomic E-state index is 11.0. The molecule has 0 aromatic rings. The van der Waals surface area contributed by atoms with Crippen LogP contribution in [-0.4, -0.2) is 19.0 Å². The van der Waals surface area contributed by atoms with E-state index in [4.69, 9.17) is 0 Å². The molecule has 1 nitrogen and oxygen atoms in total. The van der Waals surface area contributed by atoms with Crippen LogP contribution in [0.3, 0.4) is 0 Å². The molecule has 0 bridgehead atoms. The molecular weight excluding hydrogens is 107 g/mol. The minimum absolute atomic E-state index is 0.851. The smallest absolute Gasteiger partial charge is 0.0843 e. The zero-order chi connectivity index (χ0) is 5.91. The van der Waals surface area contributed by atoms with E-state index in [9.17, 15) is 4.57 Å². The molecule has 7 heavy (non-hydrogen) atoms. The predicted molar refractivity (Wildman–Crippen MR) is 34.6 cm³/mol. The Morgan fingerprint density at radius 3 is 1.57 bits per heavy atom. The Kier molecular flexibility index (Phi) is 2.60. The molecule has 0 aliphatic rings. The van der Waals surface area contributed by atoms with E-state index in [1.807, 2.05) is 20.5 Å². The molecule has 0 atom stereocenters. The summed E-state index contributed by atoms with van der Waals surface area (Å²) in [5, 5.41) is 0. The molecule has 0 spiro atoms. The van der Waals surface area contributed by atoms with Crippen LogP contribution in [0, 0.1) is 0 Å². The van der Waals surface area contributed by atoms with Crippen LogP contribution in [-0.2, 0) is 4.57 Å². The quantitative estimate of drug-likeness (QED) is 0.509. The number of rotatable bonds is 2. The van der Waals surface area contributed by atoms with Crippen LogP contribution >= 0.6 is 7.14 Å². The zero-order valence-electron chi connectivity index (χ0n) is 5.27. The molecule has 0 heterocycles. The lowest BCUT2D eigenvalue weighted by atomic mass is 11.0. The van der Waals surface area contributed by atoms with Gasteiger partial charge in [-0.05, 0) is 19.0 Å². The highest BCUT2D eigenvalue weighted by atomic mass is 31.2. The monoisotopic (exact) mass is 120 g/mol. The summed E-state index contributed by atoms with van der Waals surface area (Å²) in [4.78, 5) is 0. The first-order valence-electron chi connectivity index (χ1n) is 2.68. The van der Waals surface area contributed by atoms with Gasteiger partial charge in [0, 0.05) is 0 Å². The van der Waals surface area contributed by atoms with Gasteiger partial charge in [-0.25, -0.2) is 0 Å². The highest BCUT2D eigenvalue weighted by molar-refractivity contribution is 7.63. The van der Waals surface area contributed by atoms with Gasteiger partial charge in [0.2, 0.25) is 0 Å². The molecule has 0 N–H and O–H groups in total. The molecule has 0 rings (SSSR count).